The number of aromatic nitrogens is 1. The lowest BCUT2D eigenvalue weighted by molar-refractivity contribution is 0.549. The van der Waals surface area contributed by atoms with E-state index in [2.05, 4.69) is 39.5 Å². The molecule has 1 aliphatic rings. The summed E-state index contributed by atoms with van der Waals surface area (Å²) < 4.78 is 0. The summed E-state index contributed by atoms with van der Waals surface area (Å²) in [5, 5.41) is 4.51. The molecule has 1 saturated heterocycles. The van der Waals surface area contributed by atoms with Crippen molar-refractivity contribution in [2.45, 2.75) is 6.42 Å². The van der Waals surface area contributed by atoms with E-state index in [1.807, 2.05) is 19.3 Å². The number of para-hydroxylation sites is 1. The molecule has 0 bridgehead atoms. The van der Waals surface area contributed by atoms with E-state index < -0.39 is 0 Å². The summed E-state index contributed by atoms with van der Waals surface area (Å²) in [4.78, 5) is 7.01. The van der Waals surface area contributed by atoms with E-state index in [0.29, 0.717) is 0 Å². The zero-order chi connectivity index (χ0) is 12.4. The van der Waals surface area contributed by atoms with Crippen molar-refractivity contribution >= 4 is 16.6 Å². The maximum absolute atomic E-state index is 4.54. The fourth-order valence-corrected chi connectivity index (χ4v) is 2.85. The van der Waals surface area contributed by atoms with Gasteiger partial charge in [-0.05, 0) is 38.1 Å². The first-order valence-corrected chi connectivity index (χ1v) is 6.62. The Kier molecular flexibility index (Phi) is 3.15. The SMILES string of the molecule is CNCC1CCN(c2cccc3cccnc23)C1. The quantitative estimate of drug-likeness (QED) is 0.893. The molecule has 2 heterocycles. The fourth-order valence-electron chi connectivity index (χ4n) is 2.85. The maximum Gasteiger partial charge on any atom is 0.0935 e. The summed E-state index contributed by atoms with van der Waals surface area (Å²) in [6.45, 7) is 3.38. The van der Waals surface area contributed by atoms with Crippen LogP contribution in [0.25, 0.3) is 10.9 Å². The molecule has 0 saturated carbocycles. The van der Waals surface area contributed by atoms with Crippen LogP contribution in [0.1, 0.15) is 6.42 Å². The molecule has 0 amide bonds. The van der Waals surface area contributed by atoms with E-state index in [9.17, 15) is 0 Å². The molecule has 1 fully saturated rings. The zero-order valence-electron chi connectivity index (χ0n) is 10.8. The predicted octanol–water partition coefficient (Wildman–Crippen LogP) is 2.28. The Morgan fingerprint density at radius 3 is 3.11 bits per heavy atom. The first-order chi connectivity index (χ1) is 8.88. The molecule has 3 nitrogen and oxygen atoms in total. The largest absolute Gasteiger partial charge is 0.369 e. The van der Waals surface area contributed by atoms with Crippen LogP contribution in [-0.2, 0) is 0 Å². The Morgan fingerprint density at radius 1 is 1.33 bits per heavy atom. The van der Waals surface area contributed by atoms with Crippen LogP contribution in [0.2, 0.25) is 0 Å². The van der Waals surface area contributed by atoms with Crippen LogP contribution in [0.4, 0.5) is 5.69 Å². The van der Waals surface area contributed by atoms with E-state index >= 15 is 0 Å². The summed E-state index contributed by atoms with van der Waals surface area (Å²) in [5.41, 5.74) is 2.41. The average Bonchev–Trinajstić information content (AvgIpc) is 2.87. The molecule has 1 aliphatic heterocycles. The topological polar surface area (TPSA) is 28.2 Å². The van der Waals surface area contributed by atoms with Crippen molar-refractivity contribution in [2.75, 3.05) is 31.6 Å². The van der Waals surface area contributed by atoms with Crippen molar-refractivity contribution < 1.29 is 0 Å². The van der Waals surface area contributed by atoms with Crippen LogP contribution >= 0.6 is 0 Å². The standard InChI is InChI=1S/C15H19N3/c1-16-10-12-7-9-18(11-12)14-6-2-4-13-5-3-8-17-15(13)14/h2-6,8,12,16H,7,9-11H2,1H3. The third kappa shape index (κ3) is 2.06. The van der Waals surface area contributed by atoms with Crippen molar-refractivity contribution in [3.8, 4) is 0 Å². The Morgan fingerprint density at radius 2 is 2.22 bits per heavy atom. The fraction of sp³-hybridized carbons (Fsp3) is 0.400. The van der Waals surface area contributed by atoms with Gasteiger partial charge in [0.15, 0.2) is 0 Å². The normalized spacial score (nSPS) is 19.6. The van der Waals surface area contributed by atoms with Crippen LogP contribution in [-0.4, -0.2) is 31.7 Å². The van der Waals surface area contributed by atoms with Gasteiger partial charge in [-0.15, -0.1) is 0 Å². The van der Waals surface area contributed by atoms with Crippen LogP contribution < -0.4 is 10.2 Å². The van der Waals surface area contributed by atoms with E-state index in [0.717, 1.165) is 31.1 Å². The van der Waals surface area contributed by atoms with E-state index in [1.165, 1.54) is 17.5 Å². The molecular formula is C15H19N3. The van der Waals surface area contributed by atoms with Gasteiger partial charge in [0.1, 0.15) is 0 Å². The minimum Gasteiger partial charge on any atom is -0.369 e. The first-order valence-electron chi connectivity index (χ1n) is 6.62. The van der Waals surface area contributed by atoms with Gasteiger partial charge in [-0.25, -0.2) is 0 Å². The van der Waals surface area contributed by atoms with Gasteiger partial charge in [-0.2, -0.15) is 0 Å². The van der Waals surface area contributed by atoms with Crippen LogP contribution in [0.3, 0.4) is 0 Å². The highest BCUT2D eigenvalue weighted by atomic mass is 15.2. The molecule has 0 spiro atoms. The summed E-state index contributed by atoms with van der Waals surface area (Å²) >= 11 is 0. The third-order valence-electron chi connectivity index (χ3n) is 3.73. The van der Waals surface area contributed by atoms with E-state index in [-0.39, 0.29) is 0 Å². The molecular weight excluding hydrogens is 222 g/mol. The Labute approximate surface area is 108 Å². The lowest BCUT2D eigenvalue weighted by atomic mass is 10.1. The van der Waals surface area contributed by atoms with Gasteiger partial charge in [0.2, 0.25) is 0 Å². The number of anilines is 1. The molecule has 1 N–H and O–H groups in total. The smallest absolute Gasteiger partial charge is 0.0935 e. The molecule has 3 rings (SSSR count). The number of benzene rings is 1. The summed E-state index contributed by atoms with van der Waals surface area (Å²) in [6.07, 6.45) is 3.15. The van der Waals surface area contributed by atoms with E-state index in [1.54, 1.807) is 0 Å². The second kappa shape index (κ2) is 4.94. The average molecular weight is 241 g/mol. The highest BCUT2D eigenvalue weighted by Gasteiger charge is 2.23. The monoisotopic (exact) mass is 241 g/mol. The number of nitrogens with zero attached hydrogens (tertiary/aromatic N) is 2. The van der Waals surface area contributed by atoms with Gasteiger partial charge >= 0.3 is 0 Å². The minimum absolute atomic E-state index is 0.758. The summed E-state index contributed by atoms with van der Waals surface area (Å²) in [5.74, 6) is 0.758. The van der Waals surface area contributed by atoms with Crippen LogP contribution in [0.15, 0.2) is 36.5 Å². The van der Waals surface area contributed by atoms with E-state index in [4.69, 9.17) is 0 Å². The maximum atomic E-state index is 4.54. The van der Waals surface area contributed by atoms with Gasteiger partial charge < -0.3 is 10.2 Å². The number of rotatable bonds is 3. The Bertz CT molecular complexity index is 533. The first kappa shape index (κ1) is 11.5. The van der Waals surface area contributed by atoms with Gasteiger partial charge in [0.25, 0.3) is 0 Å². The van der Waals surface area contributed by atoms with Crippen molar-refractivity contribution in [1.82, 2.24) is 10.3 Å². The van der Waals surface area contributed by atoms with Gasteiger partial charge in [-0.3, -0.25) is 4.98 Å². The van der Waals surface area contributed by atoms with Gasteiger partial charge in [0, 0.05) is 24.7 Å². The number of pyridine rings is 1. The van der Waals surface area contributed by atoms with Gasteiger partial charge in [-0.1, -0.05) is 18.2 Å². The second-order valence-electron chi connectivity index (χ2n) is 5.01. The molecule has 1 aromatic heterocycles. The highest BCUT2D eigenvalue weighted by molar-refractivity contribution is 5.90. The molecule has 0 aliphatic carbocycles. The highest BCUT2D eigenvalue weighted by Crippen LogP contribution is 2.29. The third-order valence-corrected chi connectivity index (χ3v) is 3.73. The number of nitrogens with one attached hydrogen (secondary N) is 1. The van der Waals surface area contributed by atoms with Crippen molar-refractivity contribution in [2.24, 2.45) is 5.92 Å². The van der Waals surface area contributed by atoms with Gasteiger partial charge in [0.05, 0.1) is 11.2 Å². The van der Waals surface area contributed by atoms with Crippen LogP contribution in [0, 0.1) is 5.92 Å². The molecule has 1 atom stereocenters. The molecule has 1 unspecified atom stereocenters. The number of hydrogen-bond donors (Lipinski definition) is 1. The van der Waals surface area contributed by atoms with Crippen LogP contribution in [0.5, 0.6) is 0 Å². The number of hydrogen-bond acceptors (Lipinski definition) is 3. The molecule has 18 heavy (non-hydrogen) atoms. The zero-order valence-corrected chi connectivity index (χ0v) is 10.8. The van der Waals surface area contributed by atoms with Crippen molar-refractivity contribution in [3.05, 3.63) is 36.5 Å². The van der Waals surface area contributed by atoms with Crippen molar-refractivity contribution in [3.63, 3.8) is 0 Å². The number of fused-ring (bicyclic) bond motifs is 1. The predicted molar refractivity (Wildman–Crippen MR) is 76.0 cm³/mol. The lowest BCUT2D eigenvalue weighted by Gasteiger charge is -2.20. The Balaban J connectivity index is 1.91. The molecule has 0 radical (unpaired) electrons. The minimum atomic E-state index is 0.758. The molecule has 1 aromatic carbocycles. The Hall–Kier alpha value is -1.61. The second-order valence-corrected chi connectivity index (χ2v) is 5.01. The molecule has 94 valence electrons. The molecule has 3 heteroatoms. The summed E-state index contributed by atoms with van der Waals surface area (Å²) in [7, 11) is 2.03. The molecule has 2 aromatic rings. The summed E-state index contributed by atoms with van der Waals surface area (Å²) in [6, 6.07) is 10.6. The lowest BCUT2D eigenvalue weighted by Crippen LogP contribution is -2.24. The van der Waals surface area contributed by atoms with Crippen molar-refractivity contribution in [1.29, 1.82) is 0 Å².